The summed E-state index contributed by atoms with van der Waals surface area (Å²) in [6.45, 7) is 2.07. The molecule has 2 aromatic rings. The first-order valence-electron chi connectivity index (χ1n) is 8.10. The summed E-state index contributed by atoms with van der Waals surface area (Å²) in [5.74, 6) is 0.173. The summed E-state index contributed by atoms with van der Waals surface area (Å²) < 4.78 is 27.1. The number of H-pyrrole nitrogens is 1. The fourth-order valence-electron chi connectivity index (χ4n) is 3.14. The largest absolute Gasteiger partial charge is 0.310 e. The van der Waals surface area contributed by atoms with Gasteiger partial charge in [-0.3, -0.25) is 14.9 Å². The number of aromatic nitrogens is 2. The fraction of sp³-hybridized carbons (Fsp3) is 0.375. The number of sulfonamides is 1. The first-order chi connectivity index (χ1) is 12.3. The molecule has 0 aliphatic carbocycles. The van der Waals surface area contributed by atoms with Crippen molar-refractivity contribution in [2.75, 3.05) is 13.1 Å². The Balaban J connectivity index is 1.94. The van der Waals surface area contributed by atoms with Crippen LogP contribution in [-0.4, -0.2) is 40.7 Å². The zero-order valence-corrected chi connectivity index (χ0v) is 14.9. The molecule has 1 aromatic carbocycles. The second-order valence-electron chi connectivity index (χ2n) is 6.20. The molecule has 0 unspecified atom stereocenters. The monoisotopic (exact) mass is 378 g/mol. The average Bonchev–Trinajstić information content (AvgIpc) is 2.61. The van der Waals surface area contributed by atoms with Gasteiger partial charge in [0.05, 0.1) is 4.92 Å². The van der Waals surface area contributed by atoms with Crippen molar-refractivity contribution >= 4 is 15.7 Å². The van der Waals surface area contributed by atoms with Crippen molar-refractivity contribution in [3.63, 3.8) is 0 Å². The number of nitrogens with zero attached hydrogens (tertiary/aromatic N) is 3. The Morgan fingerprint density at radius 2 is 2.08 bits per heavy atom. The van der Waals surface area contributed by atoms with E-state index in [1.54, 1.807) is 6.92 Å². The lowest BCUT2D eigenvalue weighted by Crippen LogP contribution is -2.40. The van der Waals surface area contributed by atoms with Crippen molar-refractivity contribution in [1.29, 1.82) is 0 Å². The summed E-state index contributed by atoms with van der Waals surface area (Å²) >= 11 is 0. The van der Waals surface area contributed by atoms with Gasteiger partial charge in [-0.1, -0.05) is 12.1 Å². The predicted octanol–water partition coefficient (Wildman–Crippen LogP) is 1.55. The molecule has 0 bridgehead atoms. The Morgan fingerprint density at radius 1 is 1.35 bits per heavy atom. The number of hydrogen-bond donors (Lipinski definition) is 1. The Kier molecular flexibility index (Phi) is 4.88. The number of piperidine rings is 1. The summed E-state index contributed by atoms with van der Waals surface area (Å²) in [5.41, 5.74) is -0.176. The van der Waals surface area contributed by atoms with Gasteiger partial charge in [-0.2, -0.15) is 4.31 Å². The lowest BCUT2D eigenvalue weighted by atomic mass is 9.99. The van der Waals surface area contributed by atoms with Crippen LogP contribution in [0.5, 0.6) is 0 Å². The lowest BCUT2D eigenvalue weighted by molar-refractivity contribution is -0.387. The van der Waals surface area contributed by atoms with Crippen molar-refractivity contribution in [3.05, 3.63) is 62.3 Å². The van der Waals surface area contributed by atoms with E-state index in [0.717, 1.165) is 0 Å². The predicted molar refractivity (Wildman–Crippen MR) is 93.4 cm³/mol. The van der Waals surface area contributed by atoms with Gasteiger partial charge in [-0.05, 0) is 25.8 Å². The highest BCUT2D eigenvalue weighted by atomic mass is 32.2. The quantitative estimate of drug-likeness (QED) is 0.635. The summed E-state index contributed by atoms with van der Waals surface area (Å²) in [6.07, 6.45) is 1.25. The van der Waals surface area contributed by atoms with Crippen LogP contribution < -0.4 is 5.56 Å². The second kappa shape index (κ2) is 6.96. The Bertz CT molecular complexity index is 1000. The zero-order valence-electron chi connectivity index (χ0n) is 14.1. The first-order valence-corrected chi connectivity index (χ1v) is 9.54. The SMILES string of the molecule is Cc1cc(=O)[nH]c([C@@H]2CCCN(S(=O)(=O)c3ccccc3[N+](=O)[O-])C2)n1. The topological polar surface area (TPSA) is 126 Å². The third kappa shape index (κ3) is 3.51. The minimum absolute atomic E-state index is 0.112. The molecule has 1 fully saturated rings. The lowest BCUT2D eigenvalue weighted by Gasteiger charge is -2.31. The first kappa shape index (κ1) is 18.2. The van der Waals surface area contributed by atoms with E-state index in [1.807, 2.05) is 0 Å². The molecule has 1 N–H and O–H groups in total. The van der Waals surface area contributed by atoms with E-state index in [4.69, 9.17) is 0 Å². The molecule has 9 nitrogen and oxygen atoms in total. The van der Waals surface area contributed by atoms with E-state index in [9.17, 15) is 23.3 Å². The smallest absolute Gasteiger partial charge is 0.289 e. The second-order valence-corrected chi connectivity index (χ2v) is 8.11. The summed E-state index contributed by atoms with van der Waals surface area (Å²) in [7, 11) is -4.03. The highest BCUT2D eigenvalue weighted by molar-refractivity contribution is 7.89. The van der Waals surface area contributed by atoms with Gasteiger partial charge in [0.25, 0.3) is 11.2 Å². The minimum atomic E-state index is -4.03. The molecular weight excluding hydrogens is 360 g/mol. The van der Waals surface area contributed by atoms with Gasteiger partial charge >= 0.3 is 0 Å². The molecule has 0 spiro atoms. The number of hydrogen-bond acceptors (Lipinski definition) is 6. The van der Waals surface area contributed by atoms with E-state index >= 15 is 0 Å². The highest BCUT2D eigenvalue weighted by Crippen LogP contribution is 2.31. The number of benzene rings is 1. The van der Waals surface area contributed by atoms with Crippen LogP contribution in [-0.2, 0) is 10.0 Å². The molecule has 138 valence electrons. The normalized spacial score (nSPS) is 18.6. The molecule has 1 saturated heterocycles. The number of nitrogens with one attached hydrogen (secondary N) is 1. The van der Waals surface area contributed by atoms with Gasteiger partial charge in [0.1, 0.15) is 5.82 Å². The van der Waals surface area contributed by atoms with Crippen molar-refractivity contribution in [2.24, 2.45) is 0 Å². The molecule has 2 heterocycles. The van der Waals surface area contributed by atoms with E-state index in [2.05, 4.69) is 9.97 Å². The standard InChI is InChI=1S/C16H18N4O5S/c1-11-9-15(21)18-16(17-11)12-5-4-8-19(10-12)26(24,25)14-7-3-2-6-13(14)20(22)23/h2-3,6-7,9,12H,4-5,8,10H2,1H3,(H,17,18,21)/t12-/m1/s1. The summed E-state index contributed by atoms with van der Waals surface area (Å²) in [6, 6.07) is 6.67. The van der Waals surface area contributed by atoms with E-state index in [0.29, 0.717) is 24.4 Å². The molecule has 0 radical (unpaired) electrons. The van der Waals surface area contributed by atoms with E-state index in [-0.39, 0.29) is 29.5 Å². The number of nitro benzene ring substituents is 1. The Labute approximate surface area is 149 Å². The number of rotatable bonds is 4. The molecule has 0 amide bonds. The number of aromatic amines is 1. The van der Waals surface area contributed by atoms with Gasteiger partial charge < -0.3 is 4.98 Å². The van der Waals surface area contributed by atoms with Crippen molar-refractivity contribution < 1.29 is 13.3 Å². The molecular formula is C16H18N4O5S. The van der Waals surface area contributed by atoms with Crippen LogP contribution in [0.1, 0.15) is 30.3 Å². The number of para-hydroxylation sites is 1. The molecule has 1 aliphatic heterocycles. The maximum atomic E-state index is 13.0. The molecule has 0 saturated carbocycles. The Hall–Kier alpha value is -2.59. The molecule has 26 heavy (non-hydrogen) atoms. The van der Waals surface area contributed by atoms with Crippen LogP contribution in [0.2, 0.25) is 0 Å². The van der Waals surface area contributed by atoms with Crippen molar-refractivity contribution in [2.45, 2.75) is 30.6 Å². The van der Waals surface area contributed by atoms with Crippen molar-refractivity contribution in [3.8, 4) is 0 Å². The van der Waals surface area contributed by atoms with Gasteiger partial charge in [0.2, 0.25) is 10.0 Å². The van der Waals surface area contributed by atoms with Crippen LogP contribution in [0.15, 0.2) is 40.0 Å². The van der Waals surface area contributed by atoms with Crippen LogP contribution in [0.4, 0.5) is 5.69 Å². The van der Waals surface area contributed by atoms with Crippen molar-refractivity contribution in [1.82, 2.24) is 14.3 Å². The summed E-state index contributed by atoms with van der Waals surface area (Å²) in [4.78, 5) is 28.8. The maximum absolute atomic E-state index is 13.0. The molecule has 1 aliphatic rings. The molecule has 1 atom stereocenters. The number of aryl methyl sites for hydroxylation is 1. The van der Waals surface area contributed by atoms with Gasteiger partial charge in [0.15, 0.2) is 4.90 Å². The summed E-state index contributed by atoms with van der Waals surface area (Å²) in [5, 5.41) is 11.2. The fourth-order valence-corrected chi connectivity index (χ4v) is 4.83. The van der Waals surface area contributed by atoms with E-state index in [1.165, 1.54) is 34.6 Å². The van der Waals surface area contributed by atoms with Crippen LogP contribution in [0.3, 0.4) is 0 Å². The van der Waals surface area contributed by atoms with Crippen LogP contribution in [0, 0.1) is 17.0 Å². The van der Waals surface area contributed by atoms with Crippen LogP contribution in [0.25, 0.3) is 0 Å². The molecule has 10 heteroatoms. The zero-order chi connectivity index (χ0) is 18.9. The third-order valence-corrected chi connectivity index (χ3v) is 6.25. The molecule has 3 rings (SSSR count). The van der Waals surface area contributed by atoms with E-state index < -0.39 is 20.6 Å². The maximum Gasteiger partial charge on any atom is 0.289 e. The van der Waals surface area contributed by atoms with Gasteiger partial charge in [0, 0.05) is 36.8 Å². The average molecular weight is 378 g/mol. The van der Waals surface area contributed by atoms with Gasteiger partial charge in [-0.25, -0.2) is 13.4 Å². The highest BCUT2D eigenvalue weighted by Gasteiger charge is 2.35. The third-order valence-electron chi connectivity index (χ3n) is 4.34. The Morgan fingerprint density at radius 3 is 2.77 bits per heavy atom. The molecule has 1 aromatic heterocycles. The van der Waals surface area contributed by atoms with Crippen LogP contribution >= 0.6 is 0 Å². The minimum Gasteiger partial charge on any atom is -0.310 e. The van der Waals surface area contributed by atoms with Gasteiger partial charge in [-0.15, -0.1) is 0 Å². The number of nitro groups is 1.